The molecule has 0 amide bonds. The summed E-state index contributed by atoms with van der Waals surface area (Å²) in [6, 6.07) is 10.0. The van der Waals surface area contributed by atoms with Gasteiger partial charge in [0.05, 0.1) is 0 Å². The molecule has 0 radical (unpaired) electrons. The monoisotopic (exact) mass is 233 g/mol. The van der Waals surface area contributed by atoms with Crippen LogP contribution in [0.3, 0.4) is 0 Å². The highest BCUT2D eigenvalue weighted by Gasteiger charge is 2.14. The van der Waals surface area contributed by atoms with E-state index in [4.69, 9.17) is 0 Å². The predicted octanol–water partition coefficient (Wildman–Crippen LogP) is 4.43. The second kappa shape index (κ2) is 5.68. The summed E-state index contributed by atoms with van der Waals surface area (Å²) in [5.41, 5.74) is 3.02. The van der Waals surface area contributed by atoms with Gasteiger partial charge in [0.2, 0.25) is 0 Å². The molecule has 1 aromatic carbocycles. The van der Waals surface area contributed by atoms with E-state index in [0.29, 0.717) is 12.1 Å². The van der Waals surface area contributed by atoms with E-state index in [0.717, 1.165) is 0 Å². The summed E-state index contributed by atoms with van der Waals surface area (Å²) in [4.78, 5) is 0. The van der Waals surface area contributed by atoms with Crippen LogP contribution in [0, 0.1) is 0 Å². The van der Waals surface area contributed by atoms with Gasteiger partial charge >= 0.3 is 0 Å². The molecule has 96 valence electrons. The Bertz CT molecular complexity index is 332. The van der Waals surface area contributed by atoms with Gasteiger partial charge in [0, 0.05) is 12.1 Å². The fourth-order valence-electron chi connectivity index (χ4n) is 1.91. The van der Waals surface area contributed by atoms with E-state index in [1.165, 1.54) is 17.5 Å². The molecule has 0 aliphatic carbocycles. The molecular formula is C16H27N. The summed E-state index contributed by atoms with van der Waals surface area (Å²) < 4.78 is 0. The summed E-state index contributed by atoms with van der Waals surface area (Å²) in [6.07, 6.45) is 1.17. The highest BCUT2D eigenvalue weighted by molar-refractivity contribution is 5.29. The van der Waals surface area contributed by atoms with Gasteiger partial charge in [-0.3, -0.25) is 0 Å². The third-order valence-corrected chi connectivity index (χ3v) is 3.42. The lowest BCUT2D eigenvalue weighted by Crippen LogP contribution is -2.28. The second-order valence-corrected chi connectivity index (χ2v) is 6.07. The molecule has 1 heteroatoms. The lowest BCUT2D eigenvalue weighted by molar-refractivity contribution is 0.469. The molecule has 0 aliphatic heterocycles. The average Bonchev–Trinajstić information content (AvgIpc) is 2.27. The van der Waals surface area contributed by atoms with Crippen molar-refractivity contribution in [3.05, 3.63) is 35.4 Å². The summed E-state index contributed by atoms with van der Waals surface area (Å²) >= 11 is 0. The third-order valence-electron chi connectivity index (χ3n) is 3.42. The molecule has 2 atom stereocenters. The fourth-order valence-corrected chi connectivity index (χ4v) is 1.91. The number of benzene rings is 1. The number of hydrogen-bond donors (Lipinski definition) is 1. The van der Waals surface area contributed by atoms with Crippen LogP contribution in [0.2, 0.25) is 0 Å². The van der Waals surface area contributed by atoms with Crippen molar-refractivity contribution in [1.82, 2.24) is 5.32 Å². The summed E-state index contributed by atoms with van der Waals surface area (Å²) in [6.45, 7) is 13.4. The molecular weight excluding hydrogens is 206 g/mol. The molecule has 17 heavy (non-hydrogen) atoms. The largest absolute Gasteiger partial charge is 0.308 e. The van der Waals surface area contributed by atoms with E-state index in [9.17, 15) is 0 Å². The van der Waals surface area contributed by atoms with Gasteiger partial charge in [-0.1, -0.05) is 52.0 Å². The smallest absolute Gasteiger partial charge is 0.0294 e. The van der Waals surface area contributed by atoms with E-state index in [1.54, 1.807) is 0 Å². The minimum absolute atomic E-state index is 0.242. The standard InChI is InChI=1S/C16H27N/c1-7-12(2)17-13(3)14-8-10-15(11-9-14)16(4,5)6/h8-13,17H,7H2,1-6H3. The number of hydrogen-bond acceptors (Lipinski definition) is 1. The third kappa shape index (κ3) is 4.16. The summed E-state index contributed by atoms with van der Waals surface area (Å²) in [5.74, 6) is 0. The van der Waals surface area contributed by atoms with Crippen molar-refractivity contribution in [3.63, 3.8) is 0 Å². The maximum absolute atomic E-state index is 3.60. The Balaban J connectivity index is 2.74. The van der Waals surface area contributed by atoms with Crippen LogP contribution in [0.25, 0.3) is 0 Å². The van der Waals surface area contributed by atoms with Gasteiger partial charge in [-0.05, 0) is 36.8 Å². The van der Waals surface area contributed by atoms with Gasteiger partial charge in [-0.2, -0.15) is 0 Å². The van der Waals surface area contributed by atoms with E-state index >= 15 is 0 Å². The Morgan fingerprint density at radius 2 is 1.59 bits per heavy atom. The van der Waals surface area contributed by atoms with Gasteiger partial charge in [-0.15, -0.1) is 0 Å². The molecule has 1 rings (SSSR count). The molecule has 0 aromatic heterocycles. The first-order chi connectivity index (χ1) is 7.84. The van der Waals surface area contributed by atoms with E-state index in [2.05, 4.69) is 71.1 Å². The molecule has 0 spiro atoms. The van der Waals surface area contributed by atoms with Gasteiger partial charge < -0.3 is 5.32 Å². The van der Waals surface area contributed by atoms with E-state index in [-0.39, 0.29) is 5.41 Å². The van der Waals surface area contributed by atoms with Crippen molar-refractivity contribution in [2.75, 3.05) is 0 Å². The van der Waals surface area contributed by atoms with Crippen molar-refractivity contribution in [1.29, 1.82) is 0 Å². The van der Waals surface area contributed by atoms with Crippen LogP contribution in [0.1, 0.15) is 65.1 Å². The average molecular weight is 233 g/mol. The molecule has 0 aliphatic rings. The van der Waals surface area contributed by atoms with Crippen LogP contribution < -0.4 is 5.32 Å². The van der Waals surface area contributed by atoms with E-state index in [1.807, 2.05) is 0 Å². The zero-order valence-electron chi connectivity index (χ0n) is 12.2. The van der Waals surface area contributed by atoms with E-state index < -0.39 is 0 Å². The lowest BCUT2D eigenvalue weighted by atomic mass is 9.86. The zero-order valence-corrected chi connectivity index (χ0v) is 12.2. The van der Waals surface area contributed by atoms with Crippen LogP contribution in [0.5, 0.6) is 0 Å². The van der Waals surface area contributed by atoms with Crippen molar-refractivity contribution in [2.45, 2.75) is 65.5 Å². The first kappa shape index (κ1) is 14.2. The molecule has 0 heterocycles. The zero-order chi connectivity index (χ0) is 13.1. The van der Waals surface area contributed by atoms with Crippen LogP contribution in [0.15, 0.2) is 24.3 Å². The maximum Gasteiger partial charge on any atom is 0.0294 e. The Hall–Kier alpha value is -0.820. The van der Waals surface area contributed by atoms with Crippen LogP contribution in [-0.4, -0.2) is 6.04 Å². The van der Waals surface area contributed by atoms with Crippen LogP contribution in [0.4, 0.5) is 0 Å². The minimum atomic E-state index is 0.242. The summed E-state index contributed by atoms with van der Waals surface area (Å²) in [7, 11) is 0. The van der Waals surface area contributed by atoms with Gasteiger partial charge in [0.25, 0.3) is 0 Å². The van der Waals surface area contributed by atoms with Gasteiger partial charge in [0.15, 0.2) is 0 Å². The molecule has 1 N–H and O–H groups in total. The van der Waals surface area contributed by atoms with Crippen LogP contribution >= 0.6 is 0 Å². The Morgan fingerprint density at radius 3 is 2.00 bits per heavy atom. The highest BCUT2D eigenvalue weighted by atomic mass is 14.9. The number of nitrogens with one attached hydrogen (secondary N) is 1. The quantitative estimate of drug-likeness (QED) is 0.811. The van der Waals surface area contributed by atoms with Gasteiger partial charge in [-0.25, -0.2) is 0 Å². The fraction of sp³-hybridized carbons (Fsp3) is 0.625. The first-order valence-corrected chi connectivity index (χ1v) is 6.71. The Kier molecular flexibility index (Phi) is 4.76. The predicted molar refractivity (Wildman–Crippen MR) is 76.4 cm³/mol. The molecule has 0 saturated carbocycles. The number of rotatable bonds is 4. The highest BCUT2D eigenvalue weighted by Crippen LogP contribution is 2.24. The van der Waals surface area contributed by atoms with Crippen molar-refractivity contribution < 1.29 is 0 Å². The van der Waals surface area contributed by atoms with Crippen molar-refractivity contribution in [2.24, 2.45) is 0 Å². The lowest BCUT2D eigenvalue weighted by Gasteiger charge is -2.22. The Morgan fingerprint density at radius 1 is 1.06 bits per heavy atom. The minimum Gasteiger partial charge on any atom is -0.308 e. The molecule has 1 nitrogen and oxygen atoms in total. The molecule has 1 aromatic rings. The van der Waals surface area contributed by atoms with Gasteiger partial charge in [0.1, 0.15) is 0 Å². The normalized spacial score (nSPS) is 15.6. The first-order valence-electron chi connectivity index (χ1n) is 6.71. The van der Waals surface area contributed by atoms with Crippen LogP contribution in [-0.2, 0) is 5.41 Å². The topological polar surface area (TPSA) is 12.0 Å². The SMILES string of the molecule is CCC(C)NC(C)c1ccc(C(C)(C)C)cc1. The molecule has 0 fully saturated rings. The molecule has 2 unspecified atom stereocenters. The van der Waals surface area contributed by atoms with Crippen molar-refractivity contribution >= 4 is 0 Å². The summed E-state index contributed by atoms with van der Waals surface area (Å²) in [5, 5.41) is 3.60. The molecule has 0 saturated heterocycles. The second-order valence-electron chi connectivity index (χ2n) is 6.07. The van der Waals surface area contributed by atoms with Crippen molar-refractivity contribution in [3.8, 4) is 0 Å². The maximum atomic E-state index is 3.60. The Labute approximate surface area is 107 Å². The molecule has 0 bridgehead atoms.